The molecule has 1 N–H and O–H groups in total. The molecule has 3 amide bonds. The Balaban J connectivity index is 1.51. The number of benzene rings is 1. The van der Waals surface area contributed by atoms with Gasteiger partial charge in [0.05, 0.1) is 42.7 Å². The fraction of sp³-hybridized carbons (Fsp3) is 0.476. The average molecular weight is 464 g/mol. The summed E-state index contributed by atoms with van der Waals surface area (Å²) >= 11 is 0. The molecular formula is C21H25N3O7S. The van der Waals surface area contributed by atoms with Crippen LogP contribution >= 0.6 is 0 Å². The number of amides is 3. The smallest absolute Gasteiger partial charge is 0.244 e. The Bertz CT molecular complexity index is 1040. The van der Waals surface area contributed by atoms with Crippen molar-refractivity contribution in [3.05, 3.63) is 30.4 Å². The van der Waals surface area contributed by atoms with E-state index in [2.05, 4.69) is 5.32 Å². The number of anilines is 1. The van der Waals surface area contributed by atoms with Crippen molar-refractivity contribution in [2.24, 2.45) is 11.8 Å². The van der Waals surface area contributed by atoms with Crippen molar-refractivity contribution in [1.29, 1.82) is 0 Å². The molecule has 3 aliphatic rings. The van der Waals surface area contributed by atoms with Crippen LogP contribution < -0.4 is 10.1 Å². The maximum absolute atomic E-state index is 12.9. The van der Waals surface area contributed by atoms with Crippen LogP contribution in [0.2, 0.25) is 0 Å². The third-order valence-corrected chi connectivity index (χ3v) is 7.85. The molecule has 172 valence electrons. The van der Waals surface area contributed by atoms with Gasteiger partial charge in [0.2, 0.25) is 27.7 Å². The van der Waals surface area contributed by atoms with Crippen molar-refractivity contribution in [3.63, 3.8) is 0 Å². The number of allylic oxidation sites excluding steroid dienone is 2. The number of carbonyl (C=O) groups excluding carboxylic acids is 3. The van der Waals surface area contributed by atoms with E-state index in [-0.39, 0.29) is 41.2 Å². The van der Waals surface area contributed by atoms with Crippen molar-refractivity contribution in [1.82, 2.24) is 9.21 Å². The summed E-state index contributed by atoms with van der Waals surface area (Å²) in [7, 11) is -2.38. The minimum atomic E-state index is -3.78. The van der Waals surface area contributed by atoms with Gasteiger partial charge in [-0.3, -0.25) is 19.3 Å². The number of sulfonamides is 1. The molecule has 1 aromatic carbocycles. The molecular weight excluding hydrogens is 438 g/mol. The highest BCUT2D eigenvalue weighted by Gasteiger charge is 2.47. The maximum Gasteiger partial charge on any atom is 0.244 e. The van der Waals surface area contributed by atoms with E-state index in [9.17, 15) is 22.8 Å². The van der Waals surface area contributed by atoms with Crippen LogP contribution in [0.5, 0.6) is 5.75 Å². The summed E-state index contributed by atoms with van der Waals surface area (Å²) in [6.45, 7) is 0.676. The highest BCUT2D eigenvalue weighted by molar-refractivity contribution is 7.89. The van der Waals surface area contributed by atoms with E-state index in [1.54, 1.807) is 0 Å². The molecule has 2 heterocycles. The van der Waals surface area contributed by atoms with Crippen molar-refractivity contribution >= 4 is 33.4 Å². The lowest BCUT2D eigenvalue weighted by atomic mass is 9.85. The predicted octanol–water partition coefficient (Wildman–Crippen LogP) is 0.606. The number of imide groups is 1. The highest BCUT2D eigenvalue weighted by atomic mass is 32.2. The average Bonchev–Trinajstić information content (AvgIpc) is 3.04. The number of carbonyl (C=O) groups is 3. The van der Waals surface area contributed by atoms with Gasteiger partial charge in [-0.1, -0.05) is 12.2 Å². The molecule has 0 radical (unpaired) electrons. The molecule has 2 saturated heterocycles. The second-order valence-electron chi connectivity index (χ2n) is 7.85. The summed E-state index contributed by atoms with van der Waals surface area (Å²) in [5.74, 6) is -1.90. The number of nitrogens with zero attached hydrogens (tertiary/aromatic N) is 2. The summed E-state index contributed by atoms with van der Waals surface area (Å²) < 4.78 is 37.7. The van der Waals surface area contributed by atoms with E-state index in [1.165, 1.54) is 29.6 Å². The monoisotopic (exact) mass is 463 g/mol. The first-order valence-corrected chi connectivity index (χ1v) is 11.8. The third kappa shape index (κ3) is 4.15. The number of methoxy groups -OCH3 is 1. The van der Waals surface area contributed by atoms with Gasteiger partial charge in [0, 0.05) is 13.1 Å². The first kappa shape index (κ1) is 22.4. The van der Waals surface area contributed by atoms with E-state index in [0.29, 0.717) is 26.1 Å². The summed E-state index contributed by atoms with van der Waals surface area (Å²) in [6, 6.07) is 4.18. The minimum Gasteiger partial charge on any atom is -0.495 e. The number of nitrogens with one attached hydrogen (secondary N) is 1. The minimum absolute atomic E-state index is 0.000851. The quantitative estimate of drug-likeness (QED) is 0.484. The maximum atomic E-state index is 12.9. The van der Waals surface area contributed by atoms with Crippen LogP contribution in [0.15, 0.2) is 35.2 Å². The van der Waals surface area contributed by atoms with Crippen LogP contribution in [-0.2, 0) is 29.1 Å². The summed E-state index contributed by atoms with van der Waals surface area (Å²) in [6.07, 6.45) is 4.73. The van der Waals surface area contributed by atoms with E-state index in [0.717, 1.165) is 4.90 Å². The van der Waals surface area contributed by atoms with Gasteiger partial charge in [0.15, 0.2) is 0 Å². The van der Waals surface area contributed by atoms with Crippen LogP contribution in [-0.4, -0.2) is 75.3 Å². The van der Waals surface area contributed by atoms with Crippen LogP contribution in [0.3, 0.4) is 0 Å². The second kappa shape index (κ2) is 9.00. The van der Waals surface area contributed by atoms with Crippen LogP contribution in [0.25, 0.3) is 0 Å². The third-order valence-electron chi connectivity index (χ3n) is 5.95. The summed E-state index contributed by atoms with van der Waals surface area (Å²) in [5, 5.41) is 2.59. The van der Waals surface area contributed by atoms with E-state index in [1.807, 2.05) is 12.2 Å². The number of hydrogen-bond donors (Lipinski definition) is 1. The van der Waals surface area contributed by atoms with E-state index >= 15 is 0 Å². The molecule has 1 aliphatic carbocycles. The van der Waals surface area contributed by atoms with Crippen LogP contribution in [0.1, 0.15) is 12.8 Å². The lowest BCUT2D eigenvalue weighted by Gasteiger charge is -2.26. The van der Waals surface area contributed by atoms with Crippen LogP contribution in [0.4, 0.5) is 5.69 Å². The Hall–Kier alpha value is -2.76. The normalized spacial score (nSPS) is 23.8. The molecule has 0 bridgehead atoms. The van der Waals surface area contributed by atoms with Gasteiger partial charge in [-0.25, -0.2) is 8.42 Å². The number of fused-ring (bicyclic) bond motifs is 1. The summed E-state index contributed by atoms with van der Waals surface area (Å²) in [4.78, 5) is 38.9. The molecule has 0 saturated carbocycles. The largest absolute Gasteiger partial charge is 0.495 e. The van der Waals surface area contributed by atoms with Gasteiger partial charge in [-0.15, -0.1) is 0 Å². The highest BCUT2D eigenvalue weighted by Crippen LogP contribution is 2.35. The Morgan fingerprint density at radius 2 is 1.75 bits per heavy atom. The SMILES string of the molecule is COc1ccc(S(=O)(=O)N2CCOCC2)cc1NC(=O)CN1C(=O)[C@@H]2CC=CC[C@H]2C1=O. The molecule has 10 nitrogen and oxygen atoms in total. The van der Waals surface area contributed by atoms with Crippen molar-refractivity contribution in [3.8, 4) is 5.75 Å². The zero-order chi connectivity index (χ0) is 22.9. The van der Waals surface area contributed by atoms with Gasteiger partial charge in [-0.2, -0.15) is 4.31 Å². The lowest BCUT2D eigenvalue weighted by Crippen LogP contribution is -2.40. The Morgan fingerprint density at radius 3 is 2.34 bits per heavy atom. The first-order chi connectivity index (χ1) is 15.3. The molecule has 4 rings (SSSR count). The number of hydrogen-bond acceptors (Lipinski definition) is 7. The zero-order valence-corrected chi connectivity index (χ0v) is 18.5. The molecule has 0 spiro atoms. The fourth-order valence-corrected chi connectivity index (χ4v) is 5.67. The molecule has 0 unspecified atom stereocenters. The van der Waals surface area contributed by atoms with E-state index in [4.69, 9.17) is 9.47 Å². The summed E-state index contributed by atoms with van der Waals surface area (Å²) in [5.41, 5.74) is 0.144. The Kier molecular flexibility index (Phi) is 6.31. The zero-order valence-electron chi connectivity index (χ0n) is 17.7. The van der Waals surface area contributed by atoms with Gasteiger partial charge in [-0.05, 0) is 31.0 Å². The number of ether oxygens (including phenoxy) is 2. The molecule has 32 heavy (non-hydrogen) atoms. The molecule has 2 atom stereocenters. The number of morpholine rings is 1. The Morgan fingerprint density at radius 1 is 1.12 bits per heavy atom. The van der Waals surface area contributed by atoms with Crippen LogP contribution in [0, 0.1) is 11.8 Å². The predicted molar refractivity (Wildman–Crippen MR) is 113 cm³/mol. The van der Waals surface area contributed by atoms with Crippen molar-refractivity contribution < 1.29 is 32.3 Å². The number of rotatable bonds is 6. The van der Waals surface area contributed by atoms with E-state index < -0.39 is 34.3 Å². The lowest BCUT2D eigenvalue weighted by molar-refractivity contribution is -0.142. The standard InChI is InChI=1S/C21H25N3O7S/c1-30-18-7-6-14(32(28,29)23-8-10-31-11-9-23)12-17(18)22-19(25)13-24-20(26)15-4-2-3-5-16(15)21(24)27/h2-3,6-7,12,15-16H,4-5,8-11,13H2,1H3,(H,22,25)/t15-,16-/m1/s1. The molecule has 0 aromatic heterocycles. The molecule has 2 fully saturated rings. The Labute approximate surface area is 186 Å². The van der Waals surface area contributed by atoms with Gasteiger partial charge in [0.25, 0.3) is 0 Å². The fourth-order valence-electron chi connectivity index (χ4n) is 4.24. The first-order valence-electron chi connectivity index (χ1n) is 10.4. The van der Waals surface area contributed by atoms with Crippen molar-refractivity contribution in [2.75, 3.05) is 45.3 Å². The second-order valence-corrected chi connectivity index (χ2v) is 9.78. The van der Waals surface area contributed by atoms with Crippen molar-refractivity contribution in [2.45, 2.75) is 17.7 Å². The topological polar surface area (TPSA) is 122 Å². The van der Waals surface area contributed by atoms with Gasteiger partial charge in [0.1, 0.15) is 12.3 Å². The molecule has 11 heteroatoms. The molecule has 2 aliphatic heterocycles. The number of likely N-dealkylation sites (tertiary alicyclic amines) is 1. The van der Waals surface area contributed by atoms with Gasteiger partial charge < -0.3 is 14.8 Å². The molecule has 1 aromatic rings. The van der Waals surface area contributed by atoms with Gasteiger partial charge >= 0.3 is 0 Å².